The minimum Gasteiger partial charge on any atom is -0.494 e. The molecule has 0 spiro atoms. The predicted octanol–water partition coefficient (Wildman–Crippen LogP) is 4.24. The van der Waals surface area contributed by atoms with Crippen molar-refractivity contribution in [3.63, 3.8) is 0 Å². The number of halogens is 1. The first kappa shape index (κ1) is 14.1. The maximum absolute atomic E-state index is 10.4. The molecule has 0 bridgehead atoms. The van der Waals surface area contributed by atoms with E-state index >= 15 is 0 Å². The van der Waals surface area contributed by atoms with Crippen molar-refractivity contribution in [1.82, 2.24) is 0 Å². The van der Waals surface area contributed by atoms with E-state index in [9.17, 15) is 5.11 Å². The van der Waals surface area contributed by atoms with E-state index in [0.29, 0.717) is 6.61 Å². The molecule has 2 nitrogen and oxygen atoms in total. The molecule has 100 valence electrons. The van der Waals surface area contributed by atoms with E-state index in [2.05, 4.69) is 15.9 Å². The van der Waals surface area contributed by atoms with E-state index in [-0.39, 0.29) is 0 Å². The fourth-order valence-electron chi connectivity index (χ4n) is 1.95. The number of aliphatic hydroxyl groups excluding tert-OH is 1. The molecule has 3 heteroatoms. The van der Waals surface area contributed by atoms with Gasteiger partial charge in [-0.25, -0.2) is 0 Å². The molecule has 0 aliphatic heterocycles. The Bertz CT molecular complexity index is 549. The van der Waals surface area contributed by atoms with Crippen molar-refractivity contribution < 1.29 is 9.84 Å². The van der Waals surface area contributed by atoms with Gasteiger partial charge in [-0.15, -0.1) is 0 Å². The summed E-state index contributed by atoms with van der Waals surface area (Å²) in [5, 5.41) is 10.4. The van der Waals surface area contributed by atoms with Crippen molar-refractivity contribution >= 4 is 15.9 Å². The molecule has 2 aromatic rings. The molecule has 0 amide bonds. The van der Waals surface area contributed by atoms with E-state index in [1.807, 2.05) is 56.3 Å². The SMILES string of the molecule is CCOc1ccc(C(O)c2ccc(C)cc2Br)cc1. The average molecular weight is 321 g/mol. The topological polar surface area (TPSA) is 29.5 Å². The van der Waals surface area contributed by atoms with Gasteiger partial charge in [0, 0.05) is 4.47 Å². The molecule has 0 radical (unpaired) electrons. The van der Waals surface area contributed by atoms with Crippen LogP contribution in [0.4, 0.5) is 0 Å². The van der Waals surface area contributed by atoms with Gasteiger partial charge in [0.25, 0.3) is 0 Å². The molecule has 2 rings (SSSR count). The summed E-state index contributed by atoms with van der Waals surface area (Å²) in [6, 6.07) is 13.5. The molecule has 0 saturated carbocycles. The minimum atomic E-state index is -0.634. The van der Waals surface area contributed by atoms with Crippen LogP contribution >= 0.6 is 15.9 Å². The number of aliphatic hydroxyl groups is 1. The standard InChI is InChI=1S/C16H17BrO2/c1-3-19-13-7-5-12(6-8-13)16(18)14-9-4-11(2)10-15(14)17/h4-10,16,18H,3H2,1-2H3. The first-order chi connectivity index (χ1) is 9.11. The summed E-state index contributed by atoms with van der Waals surface area (Å²) in [4.78, 5) is 0. The fourth-order valence-corrected chi connectivity index (χ4v) is 2.66. The first-order valence-corrected chi connectivity index (χ1v) is 7.08. The molecule has 1 N–H and O–H groups in total. The zero-order valence-corrected chi connectivity index (χ0v) is 12.6. The molecule has 1 unspecified atom stereocenters. The highest BCUT2D eigenvalue weighted by Gasteiger charge is 2.13. The van der Waals surface area contributed by atoms with E-state index in [4.69, 9.17) is 4.74 Å². The van der Waals surface area contributed by atoms with Gasteiger partial charge in [0.1, 0.15) is 11.9 Å². The lowest BCUT2D eigenvalue weighted by Crippen LogP contribution is -2.01. The fraction of sp³-hybridized carbons (Fsp3) is 0.250. The van der Waals surface area contributed by atoms with Crippen LogP contribution in [-0.2, 0) is 0 Å². The molecule has 0 aromatic heterocycles. The highest BCUT2D eigenvalue weighted by atomic mass is 79.9. The molecule has 2 aromatic carbocycles. The molecular formula is C16H17BrO2. The maximum atomic E-state index is 10.4. The lowest BCUT2D eigenvalue weighted by atomic mass is 10.0. The highest BCUT2D eigenvalue weighted by Crippen LogP contribution is 2.30. The average Bonchev–Trinajstić information content (AvgIpc) is 2.39. The summed E-state index contributed by atoms with van der Waals surface area (Å²) in [6.07, 6.45) is -0.634. The Labute approximate surface area is 122 Å². The van der Waals surface area contributed by atoms with Crippen LogP contribution in [0.15, 0.2) is 46.9 Å². The van der Waals surface area contributed by atoms with Gasteiger partial charge >= 0.3 is 0 Å². The summed E-state index contributed by atoms with van der Waals surface area (Å²) in [5.41, 5.74) is 2.89. The summed E-state index contributed by atoms with van der Waals surface area (Å²) in [7, 11) is 0. The Morgan fingerprint density at radius 2 is 1.84 bits per heavy atom. The summed E-state index contributed by atoms with van der Waals surface area (Å²) in [5.74, 6) is 0.821. The van der Waals surface area contributed by atoms with Crippen LogP contribution in [0.2, 0.25) is 0 Å². The van der Waals surface area contributed by atoms with Crippen molar-refractivity contribution in [3.8, 4) is 5.75 Å². The predicted molar refractivity (Wildman–Crippen MR) is 80.6 cm³/mol. The molecular weight excluding hydrogens is 304 g/mol. The number of aryl methyl sites for hydroxylation is 1. The molecule has 0 fully saturated rings. The van der Waals surface area contributed by atoms with E-state index in [1.165, 1.54) is 0 Å². The summed E-state index contributed by atoms with van der Waals surface area (Å²) in [6.45, 7) is 4.62. The quantitative estimate of drug-likeness (QED) is 0.913. The normalized spacial score (nSPS) is 12.2. The van der Waals surface area contributed by atoms with Gasteiger partial charge in [-0.3, -0.25) is 0 Å². The van der Waals surface area contributed by atoms with E-state index < -0.39 is 6.10 Å². The van der Waals surface area contributed by atoms with Crippen molar-refractivity contribution in [2.24, 2.45) is 0 Å². The Morgan fingerprint density at radius 1 is 1.16 bits per heavy atom. The van der Waals surface area contributed by atoms with Gasteiger partial charge in [0.05, 0.1) is 6.61 Å². The third-order valence-corrected chi connectivity index (χ3v) is 3.64. The minimum absolute atomic E-state index is 0.634. The van der Waals surface area contributed by atoms with E-state index in [1.54, 1.807) is 0 Å². The second kappa shape index (κ2) is 6.22. The third-order valence-electron chi connectivity index (χ3n) is 2.96. The lowest BCUT2D eigenvalue weighted by Gasteiger charge is -2.14. The van der Waals surface area contributed by atoms with Crippen molar-refractivity contribution in [2.75, 3.05) is 6.61 Å². The van der Waals surface area contributed by atoms with Crippen LogP contribution in [0.5, 0.6) is 5.75 Å². The second-order valence-corrected chi connectivity index (χ2v) is 5.28. The van der Waals surface area contributed by atoms with Crippen LogP contribution in [0, 0.1) is 6.92 Å². The van der Waals surface area contributed by atoms with E-state index in [0.717, 1.165) is 26.9 Å². The zero-order chi connectivity index (χ0) is 13.8. The highest BCUT2D eigenvalue weighted by molar-refractivity contribution is 9.10. The Kier molecular flexibility index (Phi) is 4.61. The van der Waals surface area contributed by atoms with Crippen LogP contribution in [-0.4, -0.2) is 11.7 Å². The largest absolute Gasteiger partial charge is 0.494 e. The number of hydrogen-bond acceptors (Lipinski definition) is 2. The van der Waals surface area contributed by atoms with Gasteiger partial charge in [-0.05, 0) is 48.7 Å². The number of rotatable bonds is 4. The monoisotopic (exact) mass is 320 g/mol. The van der Waals surface area contributed by atoms with Gasteiger partial charge < -0.3 is 9.84 Å². The summed E-state index contributed by atoms with van der Waals surface area (Å²) >= 11 is 3.50. The second-order valence-electron chi connectivity index (χ2n) is 4.43. The first-order valence-electron chi connectivity index (χ1n) is 6.28. The van der Waals surface area contributed by atoms with Crippen LogP contribution < -0.4 is 4.74 Å². The molecule has 0 heterocycles. The van der Waals surface area contributed by atoms with Crippen molar-refractivity contribution in [3.05, 3.63) is 63.6 Å². The van der Waals surface area contributed by atoms with Crippen LogP contribution in [0.25, 0.3) is 0 Å². The van der Waals surface area contributed by atoms with Gasteiger partial charge in [0.2, 0.25) is 0 Å². The third kappa shape index (κ3) is 3.37. The van der Waals surface area contributed by atoms with Crippen molar-refractivity contribution in [2.45, 2.75) is 20.0 Å². The molecule has 0 aliphatic carbocycles. The molecule has 0 aliphatic rings. The maximum Gasteiger partial charge on any atom is 0.119 e. The van der Waals surface area contributed by atoms with Gasteiger partial charge in [-0.2, -0.15) is 0 Å². The molecule has 19 heavy (non-hydrogen) atoms. The number of benzene rings is 2. The molecule has 0 saturated heterocycles. The van der Waals surface area contributed by atoms with Crippen molar-refractivity contribution in [1.29, 1.82) is 0 Å². The number of ether oxygens (including phenoxy) is 1. The Hall–Kier alpha value is -1.32. The molecule has 1 atom stereocenters. The van der Waals surface area contributed by atoms with Crippen LogP contribution in [0.3, 0.4) is 0 Å². The van der Waals surface area contributed by atoms with Gasteiger partial charge in [0.15, 0.2) is 0 Å². The smallest absolute Gasteiger partial charge is 0.119 e. The zero-order valence-electron chi connectivity index (χ0n) is 11.1. The lowest BCUT2D eigenvalue weighted by molar-refractivity contribution is 0.219. The Morgan fingerprint density at radius 3 is 2.42 bits per heavy atom. The number of hydrogen-bond donors (Lipinski definition) is 1. The Balaban J connectivity index is 2.25. The van der Waals surface area contributed by atoms with Gasteiger partial charge in [-0.1, -0.05) is 40.2 Å². The summed E-state index contributed by atoms with van der Waals surface area (Å²) < 4.78 is 6.32. The van der Waals surface area contributed by atoms with Crippen LogP contribution in [0.1, 0.15) is 29.7 Å².